The summed E-state index contributed by atoms with van der Waals surface area (Å²) in [4.78, 5) is 69.7. The maximum absolute atomic E-state index is 14.4. The van der Waals surface area contributed by atoms with E-state index in [0.29, 0.717) is 50.5 Å². The number of ether oxygens (including phenoxy) is 4. The fourth-order valence-corrected chi connectivity index (χ4v) is 9.85. The first-order valence-electron chi connectivity index (χ1n) is 21.9. The van der Waals surface area contributed by atoms with Gasteiger partial charge in [0.2, 0.25) is 11.8 Å². The van der Waals surface area contributed by atoms with E-state index in [4.69, 9.17) is 28.9 Å². The predicted octanol–water partition coefficient (Wildman–Crippen LogP) is 7.42. The number of H-pyrrole nitrogens is 1. The normalized spacial score (nSPS) is 19.6. The zero-order chi connectivity index (χ0) is 44.6. The highest BCUT2D eigenvalue weighted by molar-refractivity contribution is 6.07. The lowest BCUT2D eigenvalue weighted by Gasteiger charge is -2.30. The largest absolute Gasteiger partial charge is 0.488 e. The molecule has 5 heterocycles. The summed E-state index contributed by atoms with van der Waals surface area (Å²) in [6.07, 6.45) is 3.36. The average molecular weight is 868 g/mol. The summed E-state index contributed by atoms with van der Waals surface area (Å²) in [7, 11) is 4.25. The fourth-order valence-electron chi connectivity index (χ4n) is 9.85. The molecule has 4 aliphatic heterocycles. The molecule has 0 radical (unpaired) electrons. The number of aromatic nitrogens is 2. The third kappa shape index (κ3) is 8.04. The monoisotopic (exact) mass is 867 g/mol. The van der Waals surface area contributed by atoms with Crippen LogP contribution in [0.2, 0.25) is 0 Å². The molecule has 0 spiro atoms. The van der Waals surface area contributed by atoms with E-state index in [1.54, 1.807) is 7.11 Å². The molecule has 0 bridgehead atoms. The number of likely N-dealkylation sites (tertiary alicyclic amines) is 2. The van der Waals surface area contributed by atoms with Gasteiger partial charge < -0.3 is 44.4 Å². The molecular formula is C49H53N7O8. The molecule has 3 N–H and O–H groups in total. The summed E-state index contributed by atoms with van der Waals surface area (Å²) in [5.41, 5.74) is 8.48. The average Bonchev–Trinajstić information content (AvgIpc) is 4.15. The van der Waals surface area contributed by atoms with Gasteiger partial charge in [-0.05, 0) is 88.0 Å². The van der Waals surface area contributed by atoms with E-state index < -0.39 is 24.3 Å². The van der Waals surface area contributed by atoms with Crippen LogP contribution in [0.15, 0.2) is 84.0 Å². The van der Waals surface area contributed by atoms with Gasteiger partial charge in [-0.2, -0.15) is 0 Å². The minimum absolute atomic E-state index is 0.0992. The molecular weight excluding hydrogens is 815 g/mol. The van der Waals surface area contributed by atoms with Gasteiger partial charge in [0.1, 0.15) is 30.3 Å². The van der Waals surface area contributed by atoms with Gasteiger partial charge in [-0.15, -0.1) is 0 Å². The number of hydrogen-bond donors (Lipinski definition) is 3. The Hall–Kier alpha value is -6.74. The number of rotatable bonds is 11. The first-order valence-corrected chi connectivity index (χ1v) is 21.9. The van der Waals surface area contributed by atoms with E-state index in [1.807, 2.05) is 60.2 Å². The number of fused-ring (bicyclic) bond motifs is 6. The Morgan fingerprint density at radius 2 is 1.69 bits per heavy atom. The van der Waals surface area contributed by atoms with Crippen LogP contribution in [0.4, 0.5) is 15.3 Å². The molecule has 15 heteroatoms. The van der Waals surface area contributed by atoms with Crippen molar-refractivity contribution >= 4 is 46.2 Å². The van der Waals surface area contributed by atoms with Gasteiger partial charge in [0.15, 0.2) is 0 Å². The highest BCUT2D eigenvalue weighted by Crippen LogP contribution is 2.45. The molecule has 9 rings (SSSR count). The number of hydrogen-bond acceptors (Lipinski definition) is 10. The van der Waals surface area contributed by atoms with Crippen LogP contribution >= 0.6 is 0 Å². The highest BCUT2D eigenvalue weighted by Gasteiger charge is 2.43. The summed E-state index contributed by atoms with van der Waals surface area (Å²) < 4.78 is 21.7. The molecule has 2 fully saturated rings. The zero-order valence-corrected chi connectivity index (χ0v) is 36.7. The Bertz CT molecular complexity index is 2640. The van der Waals surface area contributed by atoms with Crippen LogP contribution in [0.5, 0.6) is 5.75 Å². The number of aromatic amines is 1. The van der Waals surface area contributed by atoms with Gasteiger partial charge in [0.05, 0.1) is 50.5 Å². The van der Waals surface area contributed by atoms with Crippen molar-refractivity contribution in [2.75, 3.05) is 41.0 Å². The topological polar surface area (TPSA) is 177 Å². The lowest BCUT2D eigenvalue weighted by molar-refractivity contribution is -0.135. The van der Waals surface area contributed by atoms with E-state index >= 15 is 0 Å². The van der Waals surface area contributed by atoms with Gasteiger partial charge >= 0.3 is 12.2 Å². The van der Waals surface area contributed by atoms with Gasteiger partial charge in [-0.3, -0.25) is 14.6 Å². The predicted molar refractivity (Wildman–Crippen MR) is 240 cm³/mol. The molecule has 4 amide bonds. The summed E-state index contributed by atoms with van der Waals surface area (Å²) in [6.45, 7) is 5.74. The van der Waals surface area contributed by atoms with Gasteiger partial charge in [-0.1, -0.05) is 62.4 Å². The zero-order valence-electron chi connectivity index (χ0n) is 36.7. The smallest absolute Gasteiger partial charge is 0.407 e. The van der Waals surface area contributed by atoms with Crippen LogP contribution in [-0.4, -0.2) is 103 Å². The molecule has 5 atom stereocenters. The summed E-state index contributed by atoms with van der Waals surface area (Å²) >= 11 is 0. The molecule has 5 aromatic rings. The number of amides is 4. The highest BCUT2D eigenvalue weighted by atomic mass is 16.5. The molecule has 4 aliphatic rings. The van der Waals surface area contributed by atoms with E-state index in [2.05, 4.69) is 58.1 Å². The number of aliphatic imine (C=N–C) groups is 1. The number of benzene rings is 4. The SMILES string of the molecule is COC[C@H]1C[C@@H](C2=Nc3ccc4cc5c(cc4c3C2)OCc2cc(-c3cnc([C@@H]4CCCN4C(=O)C(NC(=O)OC)C(C)C)[nH]3)ccc2-5)N(C(=O)[C@H](NC(=O)OC)c2ccccc2)C1. The first kappa shape index (κ1) is 42.6. The van der Waals surface area contributed by atoms with Crippen LogP contribution in [0.25, 0.3) is 33.2 Å². The van der Waals surface area contributed by atoms with Crippen molar-refractivity contribution < 1.29 is 38.1 Å². The molecule has 2 saturated heterocycles. The van der Waals surface area contributed by atoms with Crippen molar-refractivity contribution in [3.8, 4) is 28.1 Å². The van der Waals surface area contributed by atoms with Crippen molar-refractivity contribution in [1.82, 2.24) is 30.4 Å². The van der Waals surface area contributed by atoms with E-state index in [-0.39, 0.29) is 35.7 Å². The molecule has 0 aliphatic carbocycles. The Balaban J connectivity index is 0.944. The van der Waals surface area contributed by atoms with Crippen molar-refractivity contribution in [1.29, 1.82) is 0 Å². The van der Waals surface area contributed by atoms with Gasteiger partial charge in [0, 0.05) is 43.8 Å². The van der Waals surface area contributed by atoms with Crippen LogP contribution in [0.3, 0.4) is 0 Å². The minimum Gasteiger partial charge on any atom is -0.488 e. The molecule has 64 heavy (non-hydrogen) atoms. The number of imidazole rings is 1. The number of nitrogens with zero attached hydrogens (tertiary/aromatic N) is 4. The number of nitrogens with one attached hydrogen (secondary N) is 3. The lowest BCUT2D eigenvalue weighted by atomic mass is 9.90. The lowest BCUT2D eigenvalue weighted by Crippen LogP contribution is -2.51. The molecule has 0 saturated carbocycles. The second-order valence-corrected chi connectivity index (χ2v) is 17.3. The maximum atomic E-state index is 14.4. The number of carbonyl (C=O) groups is 4. The van der Waals surface area contributed by atoms with Crippen molar-refractivity contribution in [3.05, 3.63) is 102 Å². The maximum Gasteiger partial charge on any atom is 0.407 e. The Labute approximate surface area is 371 Å². The van der Waals surface area contributed by atoms with Gasteiger partial charge in [0.25, 0.3) is 0 Å². The van der Waals surface area contributed by atoms with Crippen LogP contribution in [-0.2, 0) is 36.8 Å². The number of carbonyl (C=O) groups excluding carboxylic acids is 4. The number of methoxy groups -OCH3 is 3. The van der Waals surface area contributed by atoms with Crippen molar-refractivity contribution in [2.24, 2.45) is 16.8 Å². The van der Waals surface area contributed by atoms with Crippen molar-refractivity contribution in [2.45, 2.75) is 70.3 Å². The summed E-state index contributed by atoms with van der Waals surface area (Å²) in [5.74, 6) is 1.11. The molecule has 4 aromatic carbocycles. The summed E-state index contributed by atoms with van der Waals surface area (Å²) in [5, 5.41) is 7.59. The molecule has 15 nitrogen and oxygen atoms in total. The van der Waals surface area contributed by atoms with E-state index in [0.717, 1.165) is 74.3 Å². The van der Waals surface area contributed by atoms with E-state index in [9.17, 15) is 19.2 Å². The molecule has 1 aromatic heterocycles. The van der Waals surface area contributed by atoms with Crippen LogP contribution < -0.4 is 15.4 Å². The van der Waals surface area contributed by atoms with Gasteiger partial charge in [-0.25, -0.2) is 14.6 Å². The second kappa shape index (κ2) is 17.8. The molecule has 332 valence electrons. The fraction of sp³-hybridized carbons (Fsp3) is 0.388. The second-order valence-electron chi connectivity index (χ2n) is 17.3. The Morgan fingerprint density at radius 3 is 2.45 bits per heavy atom. The quantitative estimate of drug-likeness (QED) is 0.122. The third-order valence-electron chi connectivity index (χ3n) is 13.0. The minimum atomic E-state index is -0.927. The number of alkyl carbamates (subject to hydrolysis) is 2. The van der Waals surface area contributed by atoms with Crippen molar-refractivity contribution in [3.63, 3.8) is 0 Å². The molecule has 1 unspecified atom stereocenters. The van der Waals surface area contributed by atoms with E-state index in [1.165, 1.54) is 14.2 Å². The summed E-state index contributed by atoms with van der Waals surface area (Å²) in [6, 6.07) is 21.9. The Morgan fingerprint density at radius 1 is 0.891 bits per heavy atom. The Kier molecular flexibility index (Phi) is 11.8. The standard InChI is InChI=1S/C49H53N7O8/c1-27(2)43(53-48(59)62-4)46(57)55-17-9-12-40(55)45-50-23-39(52-45)31-13-15-33-32(19-31)26-64-42-22-34-30(20-36(33)42)14-16-37-35(34)21-38(51-37)41-18-28(25-61-3)24-56(41)47(58)44(54-49(60)63-5)29-10-7-6-8-11-29/h6-8,10-11,13-16,19-20,22-23,27-28,40-41,43-44H,9,12,17-18,21,24-26H2,1-5H3,(H,50,52)(H,53,59)(H,54,60)/t28-,40-,41-,43?,44+/m0/s1. The third-order valence-corrected chi connectivity index (χ3v) is 13.0. The van der Waals surface area contributed by atoms with Crippen LogP contribution in [0.1, 0.15) is 67.7 Å². The van der Waals surface area contributed by atoms with Crippen LogP contribution in [0, 0.1) is 11.8 Å². The first-order chi connectivity index (χ1) is 31.0.